The molecule has 1 aliphatic heterocycles. The number of sulfone groups is 1. The van der Waals surface area contributed by atoms with E-state index in [-0.39, 0.29) is 17.3 Å². The minimum absolute atomic E-state index is 0.0795. The maximum absolute atomic E-state index is 11.3. The number of hydrogen-bond donors (Lipinski definition) is 3. The molecule has 0 spiro atoms. The van der Waals surface area contributed by atoms with E-state index in [1.165, 1.54) is 12.1 Å². The van der Waals surface area contributed by atoms with E-state index in [4.69, 9.17) is 0 Å². The molecule has 0 radical (unpaired) electrons. The lowest BCUT2D eigenvalue weighted by molar-refractivity contribution is 0.190. The summed E-state index contributed by atoms with van der Waals surface area (Å²) in [6.45, 7) is 0. The van der Waals surface area contributed by atoms with Gasteiger partial charge < -0.3 is 15.5 Å². The van der Waals surface area contributed by atoms with Crippen LogP contribution >= 0.6 is 0 Å². The molecule has 0 unspecified atom stereocenters. The minimum atomic E-state index is -3.15. The molecule has 16 heavy (non-hydrogen) atoms. The SMILES string of the molecule is O=S1(=O)C[C@H](O)[C@H](Nc2cccc(O)c2)C1. The van der Waals surface area contributed by atoms with Gasteiger partial charge >= 0.3 is 0 Å². The molecular weight excluding hydrogens is 230 g/mol. The molecule has 2 atom stereocenters. The molecule has 1 aromatic rings. The third kappa shape index (κ3) is 2.45. The Labute approximate surface area is 93.6 Å². The van der Waals surface area contributed by atoms with Gasteiger partial charge in [0.2, 0.25) is 0 Å². The first kappa shape index (κ1) is 11.2. The van der Waals surface area contributed by atoms with Gasteiger partial charge in [-0.05, 0) is 12.1 Å². The topological polar surface area (TPSA) is 86.6 Å². The maximum atomic E-state index is 11.3. The minimum Gasteiger partial charge on any atom is -0.508 e. The zero-order valence-electron chi connectivity index (χ0n) is 8.50. The van der Waals surface area contributed by atoms with E-state index < -0.39 is 22.0 Å². The maximum Gasteiger partial charge on any atom is 0.155 e. The van der Waals surface area contributed by atoms with Crippen molar-refractivity contribution in [3.8, 4) is 5.75 Å². The van der Waals surface area contributed by atoms with Gasteiger partial charge in [0, 0.05) is 11.8 Å². The zero-order chi connectivity index (χ0) is 11.8. The third-order valence-electron chi connectivity index (χ3n) is 2.52. The predicted octanol–water partition coefficient (Wildman–Crippen LogP) is -0.0380. The average Bonchev–Trinajstić information content (AvgIpc) is 2.39. The Kier molecular flexibility index (Phi) is 2.77. The molecule has 1 fully saturated rings. The van der Waals surface area contributed by atoms with Gasteiger partial charge in [-0.2, -0.15) is 0 Å². The van der Waals surface area contributed by atoms with Crippen LogP contribution in [0.4, 0.5) is 5.69 Å². The monoisotopic (exact) mass is 243 g/mol. The summed E-state index contributed by atoms with van der Waals surface area (Å²) < 4.78 is 22.5. The molecule has 0 bridgehead atoms. The van der Waals surface area contributed by atoms with Crippen LogP contribution in [0.15, 0.2) is 24.3 Å². The smallest absolute Gasteiger partial charge is 0.155 e. The van der Waals surface area contributed by atoms with Crippen LogP contribution in [-0.4, -0.2) is 42.3 Å². The van der Waals surface area contributed by atoms with Crippen molar-refractivity contribution < 1.29 is 18.6 Å². The number of hydrogen-bond acceptors (Lipinski definition) is 5. The fourth-order valence-electron chi connectivity index (χ4n) is 1.78. The number of benzene rings is 1. The first-order valence-electron chi connectivity index (χ1n) is 4.90. The normalized spacial score (nSPS) is 27.8. The number of aliphatic hydroxyl groups is 1. The number of phenolic OH excluding ortho intramolecular Hbond substituents is 1. The van der Waals surface area contributed by atoms with E-state index in [9.17, 15) is 18.6 Å². The standard InChI is InChI=1S/C10H13NO4S/c12-8-3-1-2-7(4-8)11-9-5-16(14,15)6-10(9)13/h1-4,9-13H,5-6H2/t9-,10+/m1/s1. The van der Waals surface area contributed by atoms with Crippen LogP contribution in [0.2, 0.25) is 0 Å². The van der Waals surface area contributed by atoms with Crippen molar-refractivity contribution in [3.63, 3.8) is 0 Å². The lowest BCUT2D eigenvalue weighted by Gasteiger charge is -2.16. The molecule has 0 saturated carbocycles. The molecule has 6 heteroatoms. The molecule has 5 nitrogen and oxygen atoms in total. The first-order chi connectivity index (χ1) is 7.46. The van der Waals surface area contributed by atoms with Crippen molar-refractivity contribution in [2.45, 2.75) is 12.1 Å². The Morgan fingerprint density at radius 3 is 2.62 bits per heavy atom. The predicted molar refractivity (Wildman–Crippen MR) is 60.2 cm³/mol. The highest BCUT2D eigenvalue weighted by Gasteiger charge is 2.36. The van der Waals surface area contributed by atoms with Crippen LogP contribution in [0.5, 0.6) is 5.75 Å². The van der Waals surface area contributed by atoms with Gasteiger partial charge in [0.1, 0.15) is 5.75 Å². The highest BCUT2D eigenvalue weighted by Crippen LogP contribution is 2.20. The summed E-state index contributed by atoms with van der Waals surface area (Å²) in [6.07, 6.45) is -0.896. The van der Waals surface area contributed by atoms with E-state index in [0.717, 1.165) is 0 Å². The summed E-state index contributed by atoms with van der Waals surface area (Å²) >= 11 is 0. The molecule has 88 valence electrons. The third-order valence-corrected chi connectivity index (χ3v) is 4.24. The van der Waals surface area contributed by atoms with Gasteiger partial charge in [0.25, 0.3) is 0 Å². The van der Waals surface area contributed by atoms with Crippen molar-refractivity contribution in [1.82, 2.24) is 0 Å². The lowest BCUT2D eigenvalue weighted by atomic mass is 10.2. The first-order valence-corrected chi connectivity index (χ1v) is 6.72. The number of nitrogens with one attached hydrogen (secondary N) is 1. The van der Waals surface area contributed by atoms with Gasteiger partial charge in [-0.3, -0.25) is 0 Å². The fraction of sp³-hybridized carbons (Fsp3) is 0.400. The summed E-state index contributed by atoms with van der Waals surface area (Å²) in [7, 11) is -3.15. The second kappa shape index (κ2) is 3.95. The summed E-state index contributed by atoms with van der Waals surface area (Å²) in [5.41, 5.74) is 0.598. The summed E-state index contributed by atoms with van der Waals surface area (Å²) in [4.78, 5) is 0. The average molecular weight is 243 g/mol. The van der Waals surface area contributed by atoms with Crippen LogP contribution < -0.4 is 5.32 Å². The van der Waals surface area contributed by atoms with Crippen LogP contribution in [0, 0.1) is 0 Å². The molecule has 1 aliphatic rings. The van der Waals surface area contributed by atoms with Crippen molar-refractivity contribution in [2.75, 3.05) is 16.8 Å². The zero-order valence-corrected chi connectivity index (χ0v) is 9.31. The fourth-order valence-corrected chi connectivity index (χ4v) is 3.52. The lowest BCUT2D eigenvalue weighted by Crippen LogP contribution is -2.31. The van der Waals surface area contributed by atoms with Crippen molar-refractivity contribution in [2.24, 2.45) is 0 Å². The number of phenols is 1. The molecule has 3 N–H and O–H groups in total. The Balaban J connectivity index is 2.11. The number of anilines is 1. The largest absolute Gasteiger partial charge is 0.508 e. The molecule has 2 rings (SSSR count). The van der Waals surface area contributed by atoms with Gasteiger partial charge in [-0.25, -0.2) is 8.42 Å². The van der Waals surface area contributed by atoms with Crippen LogP contribution in [0.3, 0.4) is 0 Å². The second-order valence-electron chi connectivity index (χ2n) is 3.95. The molecule has 0 aromatic heterocycles. The van der Waals surface area contributed by atoms with E-state index in [1.54, 1.807) is 12.1 Å². The van der Waals surface area contributed by atoms with Crippen molar-refractivity contribution >= 4 is 15.5 Å². The highest BCUT2D eigenvalue weighted by molar-refractivity contribution is 7.91. The number of aromatic hydroxyl groups is 1. The summed E-state index contributed by atoms with van der Waals surface area (Å²) in [6, 6.07) is 5.85. The van der Waals surface area contributed by atoms with Gasteiger partial charge in [0.15, 0.2) is 9.84 Å². The van der Waals surface area contributed by atoms with E-state index >= 15 is 0 Å². The van der Waals surface area contributed by atoms with E-state index in [0.29, 0.717) is 5.69 Å². The summed E-state index contributed by atoms with van der Waals surface area (Å²) in [5, 5.41) is 21.7. The number of rotatable bonds is 2. The van der Waals surface area contributed by atoms with Crippen LogP contribution in [0.1, 0.15) is 0 Å². The molecule has 1 aromatic carbocycles. The second-order valence-corrected chi connectivity index (χ2v) is 6.10. The molecule has 1 heterocycles. The molecule has 0 aliphatic carbocycles. The highest BCUT2D eigenvalue weighted by atomic mass is 32.2. The van der Waals surface area contributed by atoms with E-state index in [2.05, 4.69) is 5.32 Å². The van der Waals surface area contributed by atoms with Crippen LogP contribution in [0.25, 0.3) is 0 Å². The molecular formula is C10H13NO4S. The van der Waals surface area contributed by atoms with Crippen LogP contribution in [-0.2, 0) is 9.84 Å². The van der Waals surface area contributed by atoms with Gasteiger partial charge in [0.05, 0.1) is 23.7 Å². The molecule has 0 amide bonds. The Hall–Kier alpha value is -1.27. The Morgan fingerprint density at radius 1 is 1.31 bits per heavy atom. The van der Waals surface area contributed by atoms with Gasteiger partial charge in [-0.1, -0.05) is 6.07 Å². The number of aliphatic hydroxyl groups excluding tert-OH is 1. The van der Waals surface area contributed by atoms with Crippen molar-refractivity contribution in [3.05, 3.63) is 24.3 Å². The quantitative estimate of drug-likeness (QED) is 0.678. The van der Waals surface area contributed by atoms with Crippen molar-refractivity contribution in [1.29, 1.82) is 0 Å². The summed E-state index contributed by atoms with van der Waals surface area (Å²) in [5.74, 6) is -0.187. The molecule has 1 saturated heterocycles. The van der Waals surface area contributed by atoms with E-state index in [1.807, 2.05) is 0 Å². The van der Waals surface area contributed by atoms with Gasteiger partial charge in [-0.15, -0.1) is 0 Å². The Morgan fingerprint density at radius 2 is 2.06 bits per heavy atom. The Bertz CT molecular complexity index is 485.